The van der Waals surface area contributed by atoms with Crippen molar-refractivity contribution in [3.05, 3.63) is 0 Å². The summed E-state index contributed by atoms with van der Waals surface area (Å²) in [7, 11) is 6.66. The van der Waals surface area contributed by atoms with E-state index in [4.69, 9.17) is 5.73 Å². The first-order valence-electron chi connectivity index (χ1n) is 6.93. The molecule has 1 aliphatic rings. The predicted octanol–water partition coefficient (Wildman–Crippen LogP) is 1.78. The van der Waals surface area contributed by atoms with Gasteiger partial charge in [0, 0.05) is 11.6 Å². The van der Waals surface area contributed by atoms with Crippen molar-refractivity contribution < 1.29 is 0 Å². The van der Waals surface area contributed by atoms with E-state index in [0.717, 1.165) is 12.3 Å². The van der Waals surface area contributed by atoms with Gasteiger partial charge < -0.3 is 15.5 Å². The van der Waals surface area contributed by atoms with E-state index in [2.05, 4.69) is 44.8 Å². The minimum absolute atomic E-state index is 0.0281. The maximum Gasteiger partial charge on any atom is 0.0119 e. The van der Waals surface area contributed by atoms with Crippen molar-refractivity contribution >= 4 is 0 Å². The molecule has 1 saturated heterocycles. The summed E-state index contributed by atoms with van der Waals surface area (Å²) in [5.41, 5.74) is 6.08. The lowest BCUT2D eigenvalue weighted by Gasteiger charge is -2.38. The van der Waals surface area contributed by atoms with E-state index in [1.54, 1.807) is 0 Å². The van der Waals surface area contributed by atoms with Crippen LogP contribution in [-0.2, 0) is 0 Å². The number of rotatable bonds is 5. The molecule has 0 aromatic carbocycles. The molecule has 1 aliphatic heterocycles. The Kier molecular flexibility index (Phi) is 5.42. The van der Waals surface area contributed by atoms with E-state index in [1.165, 1.54) is 32.4 Å². The first kappa shape index (κ1) is 14.9. The van der Waals surface area contributed by atoms with Gasteiger partial charge in [-0.15, -0.1) is 0 Å². The summed E-state index contributed by atoms with van der Waals surface area (Å²) in [4.78, 5) is 4.85. The van der Waals surface area contributed by atoms with Gasteiger partial charge in [-0.1, -0.05) is 0 Å². The molecule has 0 saturated carbocycles. The van der Waals surface area contributed by atoms with Crippen LogP contribution in [0.5, 0.6) is 0 Å². The van der Waals surface area contributed by atoms with Gasteiger partial charge in [-0.25, -0.2) is 0 Å². The summed E-state index contributed by atoms with van der Waals surface area (Å²) in [6, 6.07) is 0.700. The Labute approximate surface area is 107 Å². The minimum Gasteiger partial charge on any atom is -0.326 e. The van der Waals surface area contributed by atoms with E-state index in [1.807, 2.05) is 0 Å². The molecule has 0 spiro atoms. The van der Waals surface area contributed by atoms with Crippen LogP contribution in [0.15, 0.2) is 0 Å². The van der Waals surface area contributed by atoms with Crippen LogP contribution in [0.2, 0.25) is 0 Å². The van der Waals surface area contributed by atoms with Crippen molar-refractivity contribution in [1.29, 1.82) is 0 Å². The summed E-state index contributed by atoms with van der Waals surface area (Å²) in [5.74, 6) is 0.851. The molecule has 0 aromatic heterocycles. The van der Waals surface area contributed by atoms with Crippen LogP contribution in [0.3, 0.4) is 0 Å². The number of nitrogens with two attached hydrogens (primary N) is 1. The average Bonchev–Trinajstić information content (AvgIpc) is 2.18. The average molecular weight is 241 g/mol. The summed E-state index contributed by atoms with van der Waals surface area (Å²) in [6.07, 6.45) is 5.02. The van der Waals surface area contributed by atoms with Gasteiger partial charge in [0.1, 0.15) is 0 Å². The molecule has 1 heterocycles. The highest BCUT2D eigenvalue weighted by Gasteiger charge is 2.27. The van der Waals surface area contributed by atoms with Crippen molar-refractivity contribution in [1.82, 2.24) is 9.80 Å². The molecule has 3 heteroatoms. The van der Waals surface area contributed by atoms with E-state index >= 15 is 0 Å². The Morgan fingerprint density at radius 3 is 2.24 bits per heavy atom. The zero-order valence-electron chi connectivity index (χ0n) is 12.4. The van der Waals surface area contributed by atoms with Crippen LogP contribution in [0.25, 0.3) is 0 Å². The predicted molar refractivity (Wildman–Crippen MR) is 75.2 cm³/mol. The van der Waals surface area contributed by atoms with E-state index in [9.17, 15) is 0 Å². The maximum atomic E-state index is 6.11. The standard InChI is InChI=1S/C14H31N3/c1-14(2,15)9-6-13(16(3)4)12-7-10-17(5)11-8-12/h12-13H,6-11,15H2,1-5H3. The highest BCUT2D eigenvalue weighted by atomic mass is 15.1. The van der Waals surface area contributed by atoms with Gasteiger partial charge in [0.25, 0.3) is 0 Å². The molecule has 1 unspecified atom stereocenters. The summed E-state index contributed by atoms with van der Waals surface area (Å²) >= 11 is 0. The van der Waals surface area contributed by atoms with E-state index in [0.29, 0.717) is 6.04 Å². The fraction of sp³-hybridized carbons (Fsp3) is 1.00. The number of hydrogen-bond donors (Lipinski definition) is 1. The van der Waals surface area contributed by atoms with Crippen molar-refractivity contribution in [2.24, 2.45) is 11.7 Å². The fourth-order valence-corrected chi connectivity index (χ4v) is 2.85. The number of hydrogen-bond acceptors (Lipinski definition) is 3. The molecule has 0 radical (unpaired) electrons. The Bertz CT molecular complexity index is 212. The molecule has 0 aromatic rings. The molecule has 1 fully saturated rings. The Morgan fingerprint density at radius 1 is 1.29 bits per heavy atom. The van der Waals surface area contributed by atoms with Gasteiger partial charge in [-0.05, 0) is 79.7 Å². The van der Waals surface area contributed by atoms with Crippen LogP contribution in [0, 0.1) is 5.92 Å². The fourth-order valence-electron chi connectivity index (χ4n) is 2.85. The normalized spacial score (nSPS) is 22.1. The van der Waals surface area contributed by atoms with Gasteiger partial charge in [-0.2, -0.15) is 0 Å². The second kappa shape index (κ2) is 6.17. The lowest BCUT2D eigenvalue weighted by molar-refractivity contribution is 0.119. The monoisotopic (exact) mass is 241 g/mol. The van der Waals surface area contributed by atoms with Crippen LogP contribution in [0.1, 0.15) is 39.5 Å². The summed E-state index contributed by atoms with van der Waals surface area (Å²) in [5, 5.41) is 0. The Hall–Kier alpha value is -0.120. The van der Waals surface area contributed by atoms with Gasteiger partial charge >= 0.3 is 0 Å². The van der Waals surface area contributed by atoms with E-state index in [-0.39, 0.29) is 5.54 Å². The molecule has 3 nitrogen and oxygen atoms in total. The second-order valence-corrected chi connectivity index (χ2v) is 6.70. The van der Waals surface area contributed by atoms with Crippen LogP contribution in [0.4, 0.5) is 0 Å². The molecule has 17 heavy (non-hydrogen) atoms. The minimum atomic E-state index is -0.0281. The molecule has 0 aliphatic carbocycles. The van der Waals surface area contributed by atoms with Crippen LogP contribution >= 0.6 is 0 Å². The van der Waals surface area contributed by atoms with Crippen molar-refractivity contribution in [2.75, 3.05) is 34.2 Å². The highest BCUT2D eigenvalue weighted by molar-refractivity contribution is 4.84. The Morgan fingerprint density at radius 2 is 1.82 bits per heavy atom. The largest absolute Gasteiger partial charge is 0.326 e. The lowest BCUT2D eigenvalue weighted by atomic mass is 9.84. The topological polar surface area (TPSA) is 32.5 Å². The quantitative estimate of drug-likeness (QED) is 0.796. The molecule has 1 rings (SSSR count). The lowest BCUT2D eigenvalue weighted by Crippen LogP contribution is -2.43. The molecular weight excluding hydrogens is 210 g/mol. The number of piperidine rings is 1. The third kappa shape index (κ3) is 5.36. The highest BCUT2D eigenvalue weighted by Crippen LogP contribution is 2.26. The van der Waals surface area contributed by atoms with Crippen molar-refractivity contribution in [3.63, 3.8) is 0 Å². The molecular formula is C14H31N3. The summed E-state index contributed by atoms with van der Waals surface area (Å²) < 4.78 is 0. The third-order valence-electron chi connectivity index (χ3n) is 4.06. The smallest absolute Gasteiger partial charge is 0.0119 e. The van der Waals surface area contributed by atoms with Crippen molar-refractivity contribution in [3.8, 4) is 0 Å². The zero-order chi connectivity index (χ0) is 13.1. The number of nitrogens with zero attached hydrogens (tertiary/aromatic N) is 2. The second-order valence-electron chi connectivity index (χ2n) is 6.70. The maximum absolute atomic E-state index is 6.11. The number of likely N-dealkylation sites (tertiary alicyclic amines) is 1. The molecule has 2 N–H and O–H groups in total. The summed E-state index contributed by atoms with van der Waals surface area (Å²) in [6.45, 7) is 6.77. The van der Waals surface area contributed by atoms with Crippen LogP contribution in [-0.4, -0.2) is 55.6 Å². The molecule has 1 atom stereocenters. The van der Waals surface area contributed by atoms with Gasteiger partial charge in [0.2, 0.25) is 0 Å². The SMILES string of the molecule is CN1CCC(C(CCC(C)(C)N)N(C)C)CC1. The van der Waals surface area contributed by atoms with Gasteiger partial charge in [0.05, 0.1) is 0 Å². The van der Waals surface area contributed by atoms with Crippen molar-refractivity contribution in [2.45, 2.75) is 51.1 Å². The third-order valence-corrected chi connectivity index (χ3v) is 4.06. The first-order valence-corrected chi connectivity index (χ1v) is 6.93. The van der Waals surface area contributed by atoms with Crippen LogP contribution < -0.4 is 5.73 Å². The van der Waals surface area contributed by atoms with Gasteiger partial charge in [0.15, 0.2) is 0 Å². The molecule has 0 bridgehead atoms. The zero-order valence-corrected chi connectivity index (χ0v) is 12.4. The first-order chi connectivity index (χ1) is 7.79. The Balaban J connectivity index is 2.48. The van der Waals surface area contributed by atoms with E-state index < -0.39 is 0 Å². The van der Waals surface area contributed by atoms with Gasteiger partial charge in [-0.3, -0.25) is 0 Å². The molecule has 102 valence electrons. The molecule has 0 amide bonds.